The fourth-order valence-electron chi connectivity index (χ4n) is 2.19. The zero-order valence-corrected chi connectivity index (χ0v) is 11.9. The van der Waals surface area contributed by atoms with Gasteiger partial charge in [0.05, 0.1) is 0 Å². The van der Waals surface area contributed by atoms with Gasteiger partial charge in [0.25, 0.3) is 5.91 Å². The smallest absolute Gasteiger partial charge is 0.293 e. The van der Waals surface area contributed by atoms with Crippen molar-refractivity contribution in [2.45, 2.75) is 32.8 Å². The molecule has 1 aromatic rings. The van der Waals surface area contributed by atoms with Gasteiger partial charge < -0.3 is 4.74 Å². The van der Waals surface area contributed by atoms with E-state index in [-0.39, 0.29) is 23.5 Å². The Balaban J connectivity index is 2.33. The maximum Gasteiger partial charge on any atom is 0.293 e. The zero-order chi connectivity index (χ0) is 14.8. The van der Waals surface area contributed by atoms with Crippen LogP contribution < -0.4 is 0 Å². The van der Waals surface area contributed by atoms with Crippen LogP contribution in [0.4, 0.5) is 4.39 Å². The molecule has 1 heterocycles. The van der Waals surface area contributed by atoms with E-state index < -0.39 is 5.60 Å². The summed E-state index contributed by atoms with van der Waals surface area (Å²) in [5, 5.41) is 0. The van der Waals surface area contributed by atoms with Crippen molar-refractivity contribution in [3.63, 3.8) is 0 Å². The predicted molar refractivity (Wildman–Crippen MR) is 76.0 cm³/mol. The molecule has 20 heavy (non-hydrogen) atoms. The monoisotopic (exact) mass is 275 g/mol. The summed E-state index contributed by atoms with van der Waals surface area (Å²) in [4.78, 5) is 16.3. The molecule has 0 radical (unpaired) electrons. The van der Waals surface area contributed by atoms with Crippen LogP contribution in [-0.2, 0) is 9.53 Å². The number of aliphatic imine (C=N–C) groups is 1. The van der Waals surface area contributed by atoms with Gasteiger partial charge in [-0.1, -0.05) is 32.1 Å². The summed E-state index contributed by atoms with van der Waals surface area (Å²) in [5.41, 5.74) is -0.491. The molecule has 1 atom stereocenters. The van der Waals surface area contributed by atoms with E-state index >= 15 is 0 Å². The van der Waals surface area contributed by atoms with Crippen LogP contribution in [0, 0.1) is 11.7 Å². The van der Waals surface area contributed by atoms with E-state index in [0.29, 0.717) is 12.0 Å². The normalized spacial score (nSPS) is 22.4. The number of carbonyl (C=O) groups excluding carboxylic acids is 1. The fourth-order valence-corrected chi connectivity index (χ4v) is 2.19. The number of hydrogen-bond donors (Lipinski definition) is 0. The average Bonchev–Trinajstić information content (AvgIpc) is 2.75. The van der Waals surface area contributed by atoms with Crippen LogP contribution >= 0.6 is 0 Å². The third kappa shape index (κ3) is 2.50. The minimum Gasteiger partial charge on any atom is -0.460 e. The lowest BCUT2D eigenvalue weighted by Crippen LogP contribution is -2.42. The van der Waals surface area contributed by atoms with Crippen molar-refractivity contribution in [1.82, 2.24) is 0 Å². The predicted octanol–water partition coefficient (Wildman–Crippen LogP) is 3.49. The second-order valence-corrected chi connectivity index (χ2v) is 5.15. The highest BCUT2D eigenvalue weighted by Gasteiger charge is 2.48. The van der Waals surface area contributed by atoms with Crippen molar-refractivity contribution >= 4 is 11.8 Å². The molecule has 0 spiro atoms. The Hall–Kier alpha value is -1.97. The SMILES string of the molecule is C/C=C\C[C@]1(C(C)C)OC(c2cccc(F)c2)=NC1=O. The Bertz CT molecular complexity index is 578. The Labute approximate surface area is 118 Å². The van der Waals surface area contributed by atoms with Crippen molar-refractivity contribution in [3.8, 4) is 0 Å². The molecule has 0 bridgehead atoms. The summed E-state index contributed by atoms with van der Waals surface area (Å²) in [6, 6.07) is 5.91. The maximum atomic E-state index is 13.3. The van der Waals surface area contributed by atoms with Crippen LogP contribution in [-0.4, -0.2) is 17.4 Å². The summed E-state index contributed by atoms with van der Waals surface area (Å²) >= 11 is 0. The lowest BCUT2D eigenvalue weighted by Gasteiger charge is -2.29. The highest BCUT2D eigenvalue weighted by Crippen LogP contribution is 2.34. The topological polar surface area (TPSA) is 38.7 Å². The standard InChI is InChI=1S/C16H18FNO2/c1-4-5-9-16(11(2)3)15(19)18-14(20-16)12-7-6-8-13(17)10-12/h4-8,10-11H,9H2,1-3H3/b5-4-/t16-/m1/s1. The molecule has 0 fully saturated rings. The molecule has 1 amide bonds. The van der Waals surface area contributed by atoms with Gasteiger partial charge in [-0.15, -0.1) is 0 Å². The quantitative estimate of drug-likeness (QED) is 0.789. The van der Waals surface area contributed by atoms with Gasteiger partial charge in [0, 0.05) is 17.9 Å². The van der Waals surface area contributed by atoms with E-state index in [4.69, 9.17) is 4.74 Å². The Morgan fingerprint density at radius 3 is 2.80 bits per heavy atom. The Morgan fingerprint density at radius 2 is 2.20 bits per heavy atom. The highest BCUT2D eigenvalue weighted by atomic mass is 19.1. The number of ether oxygens (including phenoxy) is 1. The van der Waals surface area contributed by atoms with Gasteiger partial charge in [-0.3, -0.25) is 4.79 Å². The third-order valence-corrected chi connectivity index (χ3v) is 3.50. The number of halogens is 1. The minimum absolute atomic E-state index is 0.0268. The number of carbonyl (C=O) groups is 1. The van der Waals surface area contributed by atoms with Crippen LogP contribution in [0.3, 0.4) is 0 Å². The zero-order valence-electron chi connectivity index (χ0n) is 11.9. The van der Waals surface area contributed by atoms with Gasteiger partial charge in [0.1, 0.15) is 5.82 Å². The molecule has 0 N–H and O–H groups in total. The number of benzene rings is 1. The van der Waals surface area contributed by atoms with Crippen molar-refractivity contribution < 1.29 is 13.9 Å². The Morgan fingerprint density at radius 1 is 1.45 bits per heavy atom. The van der Waals surface area contributed by atoms with E-state index in [9.17, 15) is 9.18 Å². The summed E-state index contributed by atoms with van der Waals surface area (Å²) in [6.07, 6.45) is 4.23. The minimum atomic E-state index is -0.978. The molecule has 0 unspecified atom stereocenters. The van der Waals surface area contributed by atoms with Gasteiger partial charge >= 0.3 is 0 Å². The summed E-state index contributed by atoms with van der Waals surface area (Å²) in [7, 11) is 0. The van der Waals surface area contributed by atoms with E-state index in [1.165, 1.54) is 12.1 Å². The molecule has 3 nitrogen and oxygen atoms in total. The first kappa shape index (κ1) is 14.4. The Kier molecular flexibility index (Phi) is 4.02. The molecule has 4 heteroatoms. The first-order valence-electron chi connectivity index (χ1n) is 6.69. The molecule has 0 aliphatic carbocycles. The molecular formula is C16H18FNO2. The molecule has 1 aliphatic rings. The lowest BCUT2D eigenvalue weighted by molar-refractivity contribution is -0.134. The first-order chi connectivity index (χ1) is 9.49. The maximum absolute atomic E-state index is 13.3. The molecule has 106 valence electrons. The van der Waals surface area contributed by atoms with Crippen LogP contribution in [0.25, 0.3) is 0 Å². The lowest BCUT2D eigenvalue weighted by atomic mass is 9.86. The van der Waals surface area contributed by atoms with Gasteiger partial charge in [0.2, 0.25) is 5.90 Å². The van der Waals surface area contributed by atoms with Crippen LogP contribution in [0.15, 0.2) is 41.4 Å². The molecule has 0 aromatic heterocycles. The van der Waals surface area contributed by atoms with E-state index in [1.807, 2.05) is 32.9 Å². The van der Waals surface area contributed by atoms with E-state index in [1.54, 1.807) is 12.1 Å². The molecule has 1 aliphatic heterocycles. The van der Waals surface area contributed by atoms with Crippen LogP contribution in [0.2, 0.25) is 0 Å². The molecular weight excluding hydrogens is 257 g/mol. The molecule has 1 aromatic carbocycles. The van der Waals surface area contributed by atoms with Gasteiger partial charge in [-0.2, -0.15) is 4.99 Å². The van der Waals surface area contributed by atoms with Crippen molar-refractivity contribution in [3.05, 3.63) is 47.8 Å². The number of nitrogens with zero attached hydrogens (tertiary/aromatic N) is 1. The first-order valence-corrected chi connectivity index (χ1v) is 6.69. The largest absolute Gasteiger partial charge is 0.460 e. The molecule has 0 saturated heterocycles. The number of rotatable bonds is 4. The van der Waals surface area contributed by atoms with Crippen LogP contribution in [0.5, 0.6) is 0 Å². The van der Waals surface area contributed by atoms with E-state index in [0.717, 1.165) is 0 Å². The fraction of sp³-hybridized carbons (Fsp3) is 0.375. The summed E-state index contributed by atoms with van der Waals surface area (Å²) in [6.45, 7) is 5.73. The second-order valence-electron chi connectivity index (χ2n) is 5.15. The summed E-state index contributed by atoms with van der Waals surface area (Å²) in [5.74, 6) is -0.504. The second kappa shape index (κ2) is 5.57. The summed E-state index contributed by atoms with van der Waals surface area (Å²) < 4.78 is 19.1. The van der Waals surface area contributed by atoms with Crippen LogP contribution in [0.1, 0.15) is 32.8 Å². The van der Waals surface area contributed by atoms with Gasteiger partial charge in [-0.25, -0.2) is 4.39 Å². The third-order valence-electron chi connectivity index (χ3n) is 3.50. The van der Waals surface area contributed by atoms with Gasteiger partial charge in [0.15, 0.2) is 5.60 Å². The average molecular weight is 275 g/mol. The molecule has 0 saturated carbocycles. The number of amides is 1. The molecule has 2 rings (SSSR count). The van der Waals surface area contributed by atoms with E-state index in [2.05, 4.69) is 4.99 Å². The van der Waals surface area contributed by atoms with Gasteiger partial charge in [-0.05, 0) is 25.1 Å². The number of allylic oxidation sites excluding steroid dienone is 1. The van der Waals surface area contributed by atoms with Crippen molar-refractivity contribution in [1.29, 1.82) is 0 Å². The van der Waals surface area contributed by atoms with Crippen molar-refractivity contribution in [2.24, 2.45) is 10.9 Å². The van der Waals surface area contributed by atoms with Crippen molar-refractivity contribution in [2.75, 3.05) is 0 Å². The highest BCUT2D eigenvalue weighted by molar-refractivity contribution is 6.09. The number of hydrogen-bond acceptors (Lipinski definition) is 2.